The second-order valence-electron chi connectivity index (χ2n) is 3.51. The average Bonchev–Trinajstić information content (AvgIpc) is 2.66. The normalized spacial score (nSPS) is 12.7. The van der Waals surface area contributed by atoms with Gasteiger partial charge >= 0.3 is 0 Å². The van der Waals surface area contributed by atoms with E-state index < -0.39 is 6.10 Å². The lowest BCUT2D eigenvalue weighted by Gasteiger charge is -2.09. The van der Waals surface area contributed by atoms with Crippen molar-refractivity contribution in [3.63, 3.8) is 0 Å². The quantitative estimate of drug-likeness (QED) is 0.861. The van der Waals surface area contributed by atoms with E-state index in [4.69, 9.17) is 0 Å². The smallest absolute Gasteiger partial charge is 0.0841 e. The summed E-state index contributed by atoms with van der Waals surface area (Å²) in [6.45, 7) is 2.03. The molecule has 0 fully saturated rings. The molecule has 3 heteroatoms. The number of rotatable bonds is 3. The molecule has 0 radical (unpaired) electrons. The van der Waals surface area contributed by atoms with Crippen LogP contribution in [0.1, 0.15) is 22.1 Å². The molecule has 0 aliphatic rings. The zero-order valence-electron chi connectivity index (χ0n) is 8.55. The fourth-order valence-electron chi connectivity index (χ4n) is 1.59. The first-order valence-corrected chi connectivity index (χ1v) is 5.76. The van der Waals surface area contributed by atoms with E-state index in [1.54, 1.807) is 23.7 Å². The number of thiophene rings is 1. The number of aromatic nitrogens is 1. The number of hydrogen-bond donors (Lipinski definition) is 1. The lowest BCUT2D eigenvalue weighted by Crippen LogP contribution is -2.01. The van der Waals surface area contributed by atoms with E-state index in [2.05, 4.69) is 4.98 Å². The minimum atomic E-state index is -0.416. The van der Waals surface area contributed by atoms with Crippen molar-refractivity contribution < 1.29 is 5.11 Å². The summed E-state index contributed by atoms with van der Waals surface area (Å²) >= 11 is 1.67. The Labute approximate surface area is 93.2 Å². The predicted molar refractivity (Wildman–Crippen MR) is 62.0 cm³/mol. The summed E-state index contributed by atoms with van der Waals surface area (Å²) in [5.74, 6) is 0. The Kier molecular flexibility index (Phi) is 3.14. The molecule has 1 unspecified atom stereocenters. The molecule has 2 nitrogen and oxygen atoms in total. The maximum Gasteiger partial charge on any atom is 0.0841 e. The molecule has 0 amide bonds. The van der Waals surface area contributed by atoms with Gasteiger partial charge in [-0.1, -0.05) is 6.07 Å². The monoisotopic (exact) mass is 219 g/mol. The summed E-state index contributed by atoms with van der Waals surface area (Å²) in [4.78, 5) is 5.22. The average molecular weight is 219 g/mol. The van der Waals surface area contributed by atoms with E-state index in [1.165, 1.54) is 4.88 Å². The van der Waals surface area contributed by atoms with Crippen LogP contribution >= 0.6 is 11.3 Å². The van der Waals surface area contributed by atoms with E-state index in [1.807, 2.05) is 30.5 Å². The fourth-order valence-corrected chi connectivity index (χ4v) is 2.35. The SMILES string of the molecule is Cc1sccc1C(O)Cc1cccnc1. The molecule has 0 aliphatic carbocycles. The summed E-state index contributed by atoms with van der Waals surface area (Å²) in [5, 5.41) is 12.0. The second kappa shape index (κ2) is 4.55. The van der Waals surface area contributed by atoms with Crippen molar-refractivity contribution >= 4 is 11.3 Å². The molecule has 78 valence electrons. The van der Waals surface area contributed by atoms with Gasteiger partial charge in [-0.05, 0) is 35.6 Å². The predicted octanol–water partition coefficient (Wildman–Crippen LogP) is 2.73. The van der Waals surface area contributed by atoms with Crippen LogP contribution in [0.25, 0.3) is 0 Å². The van der Waals surface area contributed by atoms with Gasteiger partial charge in [0.25, 0.3) is 0 Å². The first-order chi connectivity index (χ1) is 7.27. The molecule has 0 aliphatic heterocycles. The Balaban J connectivity index is 2.11. The molecule has 2 rings (SSSR count). The molecular weight excluding hydrogens is 206 g/mol. The number of aliphatic hydroxyl groups excluding tert-OH is 1. The molecule has 0 aromatic carbocycles. The molecule has 1 N–H and O–H groups in total. The van der Waals surface area contributed by atoms with Crippen LogP contribution < -0.4 is 0 Å². The van der Waals surface area contributed by atoms with E-state index in [0.29, 0.717) is 6.42 Å². The summed E-state index contributed by atoms with van der Waals surface area (Å²) in [6, 6.07) is 5.86. The van der Waals surface area contributed by atoms with E-state index in [9.17, 15) is 5.11 Å². The molecule has 2 aromatic heterocycles. The van der Waals surface area contributed by atoms with Crippen LogP contribution in [0.5, 0.6) is 0 Å². The first kappa shape index (κ1) is 10.3. The number of hydrogen-bond acceptors (Lipinski definition) is 3. The lowest BCUT2D eigenvalue weighted by atomic mass is 10.0. The highest BCUT2D eigenvalue weighted by molar-refractivity contribution is 7.10. The third kappa shape index (κ3) is 2.43. The number of aryl methyl sites for hydroxylation is 1. The van der Waals surface area contributed by atoms with Crippen molar-refractivity contribution in [1.29, 1.82) is 0 Å². The molecule has 1 atom stereocenters. The maximum atomic E-state index is 10.0. The molecule has 0 saturated heterocycles. The maximum absolute atomic E-state index is 10.0. The highest BCUT2D eigenvalue weighted by Crippen LogP contribution is 2.24. The minimum Gasteiger partial charge on any atom is -0.388 e. The Hall–Kier alpha value is -1.19. The highest BCUT2D eigenvalue weighted by Gasteiger charge is 2.11. The van der Waals surface area contributed by atoms with E-state index in [-0.39, 0.29) is 0 Å². The van der Waals surface area contributed by atoms with Crippen LogP contribution in [0.15, 0.2) is 36.0 Å². The Morgan fingerprint density at radius 2 is 2.33 bits per heavy atom. The van der Waals surface area contributed by atoms with Crippen molar-refractivity contribution in [2.45, 2.75) is 19.4 Å². The van der Waals surface area contributed by atoms with E-state index >= 15 is 0 Å². The van der Waals surface area contributed by atoms with Gasteiger partial charge in [0.15, 0.2) is 0 Å². The zero-order chi connectivity index (χ0) is 10.7. The van der Waals surface area contributed by atoms with Crippen molar-refractivity contribution in [2.24, 2.45) is 0 Å². The van der Waals surface area contributed by atoms with Crippen LogP contribution in [-0.4, -0.2) is 10.1 Å². The fraction of sp³-hybridized carbons (Fsp3) is 0.250. The zero-order valence-corrected chi connectivity index (χ0v) is 9.37. The van der Waals surface area contributed by atoms with Gasteiger partial charge in [0, 0.05) is 23.7 Å². The lowest BCUT2D eigenvalue weighted by molar-refractivity contribution is 0.178. The van der Waals surface area contributed by atoms with Crippen molar-refractivity contribution in [3.05, 3.63) is 52.0 Å². The van der Waals surface area contributed by atoms with Gasteiger partial charge < -0.3 is 5.11 Å². The Morgan fingerprint density at radius 3 is 2.93 bits per heavy atom. The summed E-state index contributed by atoms with van der Waals surface area (Å²) in [7, 11) is 0. The number of pyridine rings is 1. The third-order valence-electron chi connectivity index (χ3n) is 2.41. The molecule has 15 heavy (non-hydrogen) atoms. The van der Waals surface area contributed by atoms with E-state index in [0.717, 1.165) is 11.1 Å². The van der Waals surface area contributed by atoms with Crippen molar-refractivity contribution in [3.8, 4) is 0 Å². The topological polar surface area (TPSA) is 33.1 Å². The van der Waals surface area contributed by atoms with Gasteiger partial charge in [0.05, 0.1) is 6.10 Å². The summed E-state index contributed by atoms with van der Waals surface area (Å²) < 4.78 is 0. The van der Waals surface area contributed by atoms with Crippen molar-refractivity contribution in [1.82, 2.24) is 4.98 Å². The van der Waals surface area contributed by atoms with Crippen LogP contribution in [-0.2, 0) is 6.42 Å². The van der Waals surface area contributed by atoms with Crippen LogP contribution in [0.2, 0.25) is 0 Å². The number of nitrogens with zero attached hydrogens (tertiary/aromatic N) is 1. The van der Waals surface area contributed by atoms with Gasteiger partial charge in [-0.2, -0.15) is 0 Å². The van der Waals surface area contributed by atoms with Crippen molar-refractivity contribution in [2.75, 3.05) is 0 Å². The Bertz CT molecular complexity index is 424. The molecule has 2 heterocycles. The molecule has 0 saturated carbocycles. The largest absolute Gasteiger partial charge is 0.388 e. The van der Waals surface area contributed by atoms with Gasteiger partial charge in [-0.3, -0.25) is 4.98 Å². The standard InChI is InChI=1S/C12H13NOS/c1-9-11(4-6-15-9)12(14)7-10-3-2-5-13-8-10/h2-6,8,12,14H,7H2,1H3. The second-order valence-corrected chi connectivity index (χ2v) is 4.63. The van der Waals surface area contributed by atoms with Gasteiger partial charge in [-0.25, -0.2) is 0 Å². The number of aliphatic hydroxyl groups is 1. The minimum absolute atomic E-state index is 0.416. The van der Waals surface area contributed by atoms with Gasteiger partial charge in [0.1, 0.15) is 0 Å². The van der Waals surface area contributed by atoms with Gasteiger partial charge in [0.2, 0.25) is 0 Å². The Morgan fingerprint density at radius 1 is 1.47 bits per heavy atom. The molecule has 2 aromatic rings. The summed E-state index contributed by atoms with van der Waals surface area (Å²) in [5.41, 5.74) is 2.10. The summed E-state index contributed by atoms with van der Waals surface area (Å²) in [6.07, 6.45) is 3.75. The van der Waals surface area contributed by atoms with Crippen LogP contribution in [0.4, 0.5) is 0 Å². The molecule has 0 spiro atoms. The van der Waals surface area contributed by atoms with Crippen LogP contribution in [0, 0.1) is 6.92 Å². The third-order valence-corrected chi connectivity index (χ3v) is 3.27. The molecule has 0 bridgehead atoms. The van der Waals surface area contributed by atoms with Gasteiger partial charge in [-0.15, -0.1) is 11.3 Å². The van der Waals surface area contributed by atoms with Crippen LogP contribution in [0.3, 0.4) is 0 Å². The first-order valence-electron chi connectivity index (χ1n) is 4.88. The molecular formula is C12H13NOS. The highest BCUT2D eigenvalue weighted by atomic mass is 32.1.